The van der Waals surface area contributed by atoms with Gasteiger partial charge in [-0.2, -0.15) is 5.26 Å². The van der Waals surface area contributed by atoms with Crippen molar-refractivity contribution in [3.63, 3.8) is 0 Å². The second kappa shape index (κ2) is 4.85. The summed E-state index contributed by atoms with van der Waals surface area (Å²) in [4.78, 5) is 13.5. The van der Waals surface area contributed by atoms with Crippen LogP contribution in [0.1, 0.15) is 5.56 Å². The van der Waals surface area contributed by atoms with Crippen molar-refractivity contribution in [2.45, 2.75) is 0 Å². The molecule has 88 valence electrons. The van der Waals surface area contributed by atoms with Crippen molar-refractivity contribution >= 4 is 17.3 Å². The highest BCUT2D eigenvalue weighted by Gasteiger charge is 2.23. The molecule has 1 aliphatic heterocycles. The number of hydrogen-bond acceptors (Lipinski definition) is 4. The summed E-state index contributed by atoms with van der Waals surface area (Å²) >= 11 is 0. The second-order valence-electron chi connectivity index (χ2n) is 3.85. The van der Waals surface area contributed by atoms with Gasteiger partial charge in [-0.3, -0.25) is 4.79 Å². The summed E-state index contributed by atoms with van der Waals surface area (Å²) in [7, 11) is 1.85. The number of carbonyl (C=O) groups excluding carboxylic acids is 1. The number of nitrogens with zero attached hydrogens (tertiary/aromatic N) is 2. The molecule has 5 heteroatoms. The lowest BCUT2D eigenvalue weighted by Crippen LogP contribution is -2.43. The van der Waals surface area contributed by atoms with Crippen molar-refractivity contribution in [3.05, 3.63) is 23.8 Å². The summed E-state index contributed by atoms with van der Waals surface area (Å²) < 4.78 is 0. The quantitative estimate of drug-likeness (QED) is 0.795. The summed E-state index contributed by atoms with van der Waals surface area (Å²) in [5.41, 5.74) is 2.25. The Labute approximate surface area is 100 Å². The molecule has 1 amide bonds. The summed E-state index contributed by atoms with van der Waals surface area (Å²) in [6, 6.07) is 7.42. The van der Waals surface area contributed by atoms with Gasteiger partial charge in [0.25, 0.3) is 0 Å². The summed E-state index contributed by atoms with van der Waals surface area (Å²) in [6.07, 6.45) is 0. The Morgan fingerprint density at radius 1 is 1.59 bits per heavy atom. The van der Waals surface area contributed by atoms with Crippen LogP contribution in [0.4, 0.5) is 11.4 Å². The van der Waals surface area contributed by atoms with E-state index in [-0.39, 0.29) is 5.91 Å². The van der Waals surface area contributed by atoms with E-state index < -0.39 is 0 Å². The van der Waals surface area contributed by atoms with Crippen LogP contribution >= 0.6 is 0 Å². The van der Waals surface area contributed by atoms with Crippen LogP contribution in [0.5, 0.6) is 0 Å². The minimum Gasteiger partial charge on any atom is -0.374 e. The Hall–Kier alpha value is -2.06. The minimum atomic E-state index is 0.0304. The van der Waals surface area contributed by atoms with Crippen LogP contribution in [0.15, 0.2) is 18.2 Å². The maximum absolute atomic E-state index is 11.8. The molecule has 0 radical (unpaired) electrons. The molecule has 17 heavy (non-hydrogen) atoms. The molecule has 0 unspecified atom stereocenters. The van der Waals surface area contributed by atoms with E-state index in [9.17, 15) is 4.79 Å². The monoisotopic (exact) mass is 230 g/mol. The first-order chi connectivity index (χ1) is 8.26. The second-order valence-corrected chi connectivity index (χ2v) is 3.85. The normalized spacial score (nSPS) is 13.9. The van der Waals surface area contributed by atoms with Gasteiger partial charge in [0, 0.05) is 13.1 Å². The highest BCUT2D eigenvalue weighted by atomic mass is 16.2. The molecule has 0 spiro atoms. The molecular formula is C12H14N4O. The zero-order valence-corrected chi connectivity index (χ0v) is 9.66. The van der Waals surface area contributed by atoms with Crippen molar-refractivity contribution in [3.8, 4) is 6.07 Å². The van der Waals surface area contributed by atoms with E-state index in [1.165, 1.54) is 0 Å². The standard InChI is InChI=1S/C12H14N4O/c1-14-4-5-16-11-6-9(7-13)2-3-10(11)15-8-12(16)17/h2-3,6,14-15H,4-5,8H2,1H3. The van der Waals surface area contributed by atoms with Gasteiger partial charge in [-0.15, -0.1) is 0 Å². The van der Waals surface area contributed by atoms with Crippen LogP contribution in [0.3, 0.4) is 0 Å². The first kappa shape index (κ1) is 11.4. The molecule has 0 aromatic heterocycles. The number of carbonyl (C=O) groups is 1. The van der Waals surface area contributed by atoms with Crippen LogP contribution in [0.2, 0.25) is 0 Å². The lowest BCUT2D eigenvalue weighted by Gasteiger charge is -2.30. The van der Waals surface area contributed by atoms with Gasteiger partial charge in [0.15, 0.2) is 0 Å². The number of benzene rings is 1. The Kier molecular flexibility index (Phi) is 3.26. The maximum atomic E-state index is 11.8. The number of rotatable bonds is 3. The fourth-order valence-electron chi connectivity index (χ4n) is 1.84. The molecule has 2 rings (SSSR count). The van der Waals surface area contributed by atoms with Crippen LogP contribution in [-0.4, -0.2) is 32.6 Å². The molecule has 1 aliphatic rings. The van der Waals surface area contributed by atoms with Crippen molar-refractivity contribution < 1.29 is 4.79 Å². The first-order valence-corrected chi connectivity index (χ1v) is 5.49. The number of nitriles is 1. The van der Waals surface area contributed by atoms with E-state index in [0.29, 0.717) is 18.7 Å². The Morgan fingerprint density at radius 2 is 2.41 bits per heavy atom. The van der Waals surface area contributed by atoms with Gasteiger partial charge < -0.3 is 15.5 Å². The van der Waals surface area contributed by atoms with E-state index in [1.807, 2.05) is 13.1 Å². The van der Waals surface area contributed by atoms with E-state index in [2.05, 4.69) is 16.7 Å². The zero-order valence-electron chi connectivity index (χ0n) is 9.66. The van der Waals surface area contributed by atoms with Gasteiger partial charge in [0.05, 0.1) is 29.6 Å². The van der Waals surface area contributed by atoms with Gasteiger partial charge in [-0.05, 0) is 25.2 Å². The predicted octanol–water partition coefficient (Wildman–Crippen LogP) is 0.536. The molecule has 1 aromatic rings. The van der Waals surface area contributed by atoms with Crippen LogP contribution < -0.4 is 15.5 Å². The number of fused-ring (bicyclic) bond motifs is 1. The third-order valence-corrected chi connectivity index (χ3v) is 2.73. The largest absolute Gasteiger partial charge is 0.374 e. The fourth-order valence-corrected chi connectivity index (χ4v) is 1.84. The summed E-state index contributed by atoms with van der Waals surface area (Å²) in [5, 5.41) is 14.9. The molecule has 0 saturated heterocycles. The molecule has 1 heterocycles. The smallest absolute Gasteiger partial charge is 0.246 e. The van der Waals surface area contributed by atoms with Gasteiger partial charge in [-0.1, -0.05) is 0 Å². The van der Waals surface area contributed by atoms with Crippen LogP contribution in [0.25, 0.3) is 0 Å². The third-order valence-electron chi connectivity index (χ3n) is 2.73. The van der Waals surface area contributed by atoms with E-state index in [1.54, 1.807) is 17.0 Å². The minimum absolute atomic E-state index is 0.0304. The van der Waals surface area contributed by atoms with Gasteiger partial charge in [0.1, 0.15) is 0 Å². The molecule has 0 aliphatic carbocycles. The maximum Gasteiger partial charge on any atom is 0.246 e. The van der Waals surface area contributed by atoms with Crippen molar-refractivity contribution in [2.75, 3.05) is 36.9 Å². The molecule has 1 aromatic carbocycles. The van der Waals surface area contributed by atoms with Gasteiger partial charge in [-0.25, -0.2) is 0 Å². The predicted molar refractivity (Wildman–Crippen MR) is 65.9 cm³/mol. The Bertz CT molecular complexity index is 478. The first-order valence-electron chi connectivity index (χ1n) is 5.49. The van der Waals surface area contributed by atoms with Crippen LogP contribution in [-0.2, 0) is 4.79 Å². The van der Waals surface area contributed by atoms with Crippen molar-refractivity contribution in [1.82, 2.24) is 5.32 Å². The third kappa shape index (κ3) is 2.22. The topological polar surface area (TPSA) is 68.2 Å². The van der Waals surface area contributed by atoms with E-state index in [4.69, 9.17) is 5.26 Å². The number of anilines is 2. The van der Waals surface area contributed by atoms with Crippen molar-refractivity contribution in [2.24, 2.45) is 0 Å². The van der Waals surface area contributed by atoms with Crippen molar-refractivity contribution in [1.29, 1.82) is 5.26 Å². The van der Waals surface area contributed by atoms with E-state index >= 15 is 0 Å². The fraction of sp³-hybridized carbons (Fsp3) is 0.333. The SMILES string of the molecule is CNCCN1C(=O)CNc2ccc(C#N)cc21. The molecule has 2 N–H and O–H groups in total. The molecule has 0 bridgehead atoms. The average Bonchev–Trinajstić information content (AvgIpc) is 2.37. The lowest BCUT2D eigenvalue weighted by molar-refractivity contribution is -0.117. The molecule has 0 saturated carbocycles. The molecule has 5 nitrogen and oxygen atoms in total. The number of amides is 1. The summed E-state index contributed by atoms with van der Waals surface area (Å²) in [6.45, 7) is 1.64. The molecular weight excluding hydrogens is 216 g/mol. The zero-order chi connectivity index (χ0) is 12.3. The number of hydrogen-bond donors (Lipinski definition) is 2. The summed E-state index contributed by atoms with van der Waals surface area (Å²) in [5.74, 6) is 0.0304. The highest BCUT2D eigenvalue weighted by Crippen LogP contribution is 2.30. The van der Waals surface area contributed by atoms with Crippen LogP contribution in [0, 0.1) is 11.3 Å². The molecule has 0 atom stereocenters. The average molecular weight is 230 g/mol. The highest BCUT2D eigenvalue weighted by molar-refractivity contribution is 6.02. The Morgan fingerprint density at radius 3 is 3.12 bits per heavy atom. The van der Waals surface area contributed by atoms with Gasteiger partial charge >= 0.3 is 0 Å². The van der Waals surface area contributed by atoms with E-state index in [0.717, 1.165) is 17.9 Å². The number of likely N-dealkylation sites (N-methyl/N-ethyl adjacent to an activating group) is 1. The van der Waals surface area contributed by atoms with Gasteiger partial charge in [0.2, 0.25) is 5.91 Å². The number of nitrogens with one attached hydrogen (secondary N) is 2. The lowest BCUT2D eigenvalue weighted by atomic mass is 10.1. The molecule has 0 fully saturated rings. The Balaban J connectivity index is 2.35.